The van der Waals surface area contributed by atoms with E-state index >= 15 is 0 Å². The summed E-state index contributed by atoms with van der Waals surface area (Å²) in [7, 11) is 1.76. The molecule has 0 radical (unpaired) electrons. The summed E-state index contributed by atoms with van der Waals surface area (Å²) < 4.78 is 0. The SMILES string of the molecule is CC(CN(C)C(=O)c1cccs1)C(N)=S. The van der Waals surface area contributed by atoms with Crippen LogP contribution in [-0.4, -0.2) is 29.4 Å². The van der Waals surface area contributed by atoms with Crippen molar-refractivity contribution in [2.24, 2.45) is 11.7 Å². The molecule has 1 unspecified atom stereocenters. The summed E-state index contributed by atoms with van der Waals surface area (Å²) in [4.78, 5) is 14.7. The van der Waals surface area contributed by atoms with Gasteiger partial charge in [-0.3, -0.25) is 4.79 Å². The van der Waals surface area contributed by atoms with Crippen molar-refractivity contribution in [2.45, 2.75) is 6.92 Å². The fourth-order valence-corrected chi connectivity index (χ4v) is 1.96. The predicted octanol–water partition coefficient (Wildman–Crippen LogP) is 1.74. The van der Waals surface area contributed by atoms with Gasteiger partial charge in [-0.2, -0.15) is 0 Å². The molecule has 0 saturated heterocycles. The van der Waals surface area contributed by atoms with E-state index in [0.717, 1.165) is 4.88 Å². The van der Waals surface area contributed by atoms with Crippen LogP contribution in [0.1, 0.15) is 16.6 Å². The van der Waals surface area contributed by atoms with Gasteiger partial charge in [0.25, 0.3) is 5.91 Å². The van der Waals surface area contributed by atoms with E-state index in [2.05, 4.69) is 0 Å². The molecule has 3 nitrogen and oxygen atoms in total. The van der Waals surface area contributed by atoms with Crippen molar-refractivity contribution in [1.82, 2.24) is 4.90 Å². The Labute approximate surface area is 98.9 Å². The van der Waals surface area contributed by atoms with Crippen LogP contribution in [0.3, 0.4) is 0 Å². The van der Waals surface area contributed by atoms with Gasteiger partial charge in [0.05, 0.1) is 9.87 Å². The summed E-state index contributed by atoms with van der Waals surface area (Å²) in [5.74, 6) is 0.0713. The highest BCUT2D eigenvalue weighted by Crippen LogP contribution is 2.12. The molecule has 0 bridgehead atoms. The monoisotopic (exact) mass is 242 g/mol. The number of thiocarbonyl (C=S) groups is 1. The highest BCUT2D eigenvalue weighted by molar-refractivity contribution is 7.80. The number of nitrogens with two attached hydrogens (primary N) is 1. The lowest BCUT2D eigenvalue weighted by Gasteiger charge is -2.20. The normalized spacial score (nSPS) is 12.1. The van der Waals surface area contributed by atoms with Crippen LogP contribution in [0.15, 0.2) is 17.5 Å². The Hall–Kier alpha value is -0.940. The third-order valence-corrected chi connectivity index (χ3v) is 3.37. The molecule has 5 heteroatoms. The fourth-order valence-electron chi connectivity index (χ4n) is 1.17. The molecule has 82 valence electrons. The lowest BCUT2D eigenvalue weighted by atomic mass is 10.1. The van der Waals surface area contributed by atoms with E-state index in [4.69, 9.17) is 18.0 Å². The number of hydrogen-bond acceptors (Lipinski definition) is 3. The number of amides is 1. The zero-order chi connectivity index (χ0) is 11.4. The Morgan fingerprint density at radius 1 is 1.73 bits per heavy atom. The third kappa shape index (κ3) is 3.28. The first-order valence-electron chi connectivity index (χ1n) is 4.60. The lowest BCUT2D eigenvalue weighted by molar-refractivity contribution is 0.0792. The Kier molecular flexibility index (Phi) is 4.23. The van der Waals surface area contributed by atoms with Crippen molar-refractivity contribution in [1.29, 1.82) is 0 Å². The van der Waals surface area contributed by atoms with Crippen LogP contribution >= 0.6 is 23.6 Å². The Morgan fingerprint density at radius 2 is 2.40 bits per heavy atom. The molecule has 1 aromatic rings. The first kappa shape index (κ1) is 12.1. The largest absolute Gasteiger partial charge is 0.393 e. The van der Waals surface area contributed by atoms with Gasteiger partial charge in [-0.05, 0) is 11.4 Å². The van der Waals surface area contributed by atoms with Crippen molar-refractivity contribution in [2.75, 3.05) is 13.6 Å². The Bertz CT molecular complexity index is 348. The first-order valence-corrected chi connectivity index (χ1v) is 5.89. The van der Waals surface area contributed by atoms with Crippen LogP contribution in [0, 0.1) is 5.92 Å². The van der Waals surface area contributed by atoms with Gasteiger partial charge in [0, 0.05) is 19.5 Å². The molecule has 1 amide bonds. The molecule has 0 saturated carbocycles. The standard InChI is InChI=1S/C10H14N2OS2/c1-7(9(11)14)6-12(2)10(13)8-4-3-5-15-8/h3-5,7H,6H2,1-2H3,(H2,11,14). The highest BCUT2D eigenvalue weighted by atomic mass is 32.1. The van der Waals surface area contributed by atoms with Gasteiger partial charge in [-0.1, -0.05) is 25.2 Å². The smallest absolute Gasteiger partial charge is 0.263 e. The summed E-state index contributed by atoms with van der Waals surface area (Å²) in [6.45, 7) is 2.48. The maximum absolute atomic E-state index is 11.8. The molecule has 1 aromatic heterocycles. The highest BCUT2D eigenvalue weighted by Gasteiger charge is 2.16. The number of carbonyl (C=O) groups excluding carboxylic acids is 1. The second-order valence-electron chi connectivity index (χ2n) is 3.47. The Morgan fingerprint density at radius 3 is 2.87 bits per heavy atom. The summed E-state index contributed by atoms with van der Waals surface area (Å²) in [5.41, 5.74) is 5.50. The maximum atomic E-state index is 11.8. The van der Waals surface area contributed by atoms with Gasteiger partial charge >= 0.3 is 0 Å². The van der Waals surface area contributed by atoms with Crippen LogP contribution in [0.2, 0.25) is 0 Å². The maximum Gasteiger partial charge on any atom is 0.263 e. The summed E-state index contributed by atoms with van der Waals surface area (Å²) in [5, 5.41) is 1.89. The Balaban J connectivity index is 2.58. The van der Waals surface area contributed by atoms with Crippen molar-refractivity contribution in [3.8, 4) is 0 Å². The minimum Gasteiger partial charge on any atom is -0.393 e. The topological polar surface area (TPSA) is 46.3 Å². The van der Waals surface area contributed by atoms with Crippen molar-refractivity contribution in [3.63, 3.8) is 0 Å². The number of hydrogen-bond donors (Lipinski definition) is 1. The lowest BCUT2D eigenvalue weighted by Crippen LogP contribution is -2.35. The van der Waals surface area contributed by atoms with E-state index in [0.29, 0.717) is 11.5 Å². The minimum absolute atomic E-state index is 0.0214. The van der Waals surface area contributed by atoms with E-state index in [9.17, 15) is 4.79 Å². The number of thiophene rings is 1. The molecule has 0 aliphatic carbocycles. The van der Waals surface area contributed by atoms with Gasteiger partial charge < -0.3 is 10.6 Å². The van der Waals surface area contributed by atoms with E-state index in [1.165, 1.54) is 11.3 Å². The van der Waals surface area contributed by atoms with Crippen LogP contribution in [0.25, 0.3) is 0 Å². The van der Waals surface area contributed by atoms with Gasteiger partial charge in [-0.25, -0.2) is 0 Å². The molecule has 0 spiro atoms. The van der Waals surface area contributed by atoms with E-state index in [-0.39, 0.29) is 11.8 Å². The van der Waals surface area contributed by atoms with Crippen molar-refractivity contribution in [3.05, 3.63) is 22.4 Å². The molecular formula is C10H14N2OS2. The molecule has 0 aliphatic heterocycles. The van der Waals surface area contributed by atoms with Crippen molar-refractivity contribution >= 4 is 34.5 Å². The second-order valence-corrected chi connectivity index (χ2v) is 4.89. The quantitative estimate of drug-likeness (QED) is 0.818. The molecule has 2 N–H and O–H groups in total. The zero-order valence-corrected chi connectivity index (χ0v) is 10.4. The molecule has 0 fully saturated rings. The summed E-state index contributed by atoms with van der Waals surface area (Å²) >= 11 is 6.31. The molecular weight excluding hydrogens is 228 g/mol. The molecule has 1 rings (SSSR count). The van der Waals surface area contributed by atoms with Crippen LogP contribution < -0.4 is 5.73 Å². The van der Waals surface area contributed by atoms with Gasteiger partial charge in [0.15, 0.2) is 0 Å². The van der Waals surface area contributed by atoms with Gasteiger partial charge in [0.2, 0.25) is 0 Å². The second kappa shape index (κ2) is 5.23. The first-order chi connectivity index (χ1) is 7.02. The third-order valence-electron chi connectivity index (χ3n) is 2.11. The van der Waals surface area contributed by atoms with Crippen LogP contribution in [0.4, 0.5) is 0 Å². The minimum atomic E-state index is 0.0214. The molecule has 1 heterocycles. The summed E-state index contributed by atoms with van der Waals surface area (Å²) in [6, 6.07) is 3.68. The van der Waals surface area contributed by atoms with Crippen LogP contribution in [-0.2, 0) is 0 Å². The number of rotatable bonds is 4. The van der Waals surface area contributed by atoms with E-state index in [1.807, 2.05) is 24.4 Å². The van der Waals surface area contributed by atoms with Gasteiger partial charge in [0.1, 0.15) is 0 Å². The van der Waals surface area contributed by atoms with Gasteiger partial charge in [-0.15, -0.1) is 11.3 Å². The van der Waals surface area contributed by atoms with Crippen molar-refractivity contribution < 1.29 is 4.79 Å². The fraction of sp³-hybridized carbons (Fsp3) is 0.400. The van der Waals surface area contributed by atoms with E-state index < -0.39 is 0 Å². The molecule has 0 aliphatic rings. The number of carbonyl (C=O) groups is 1. The average molecular weight is 242 g/mol. The molecule has 15 heavy (non-hydrogen) atoms. The van der Waals surface area contributed by atoms with E-state index in [1.54, 1.807) is 11.9 Å². The number of nitrogens with zero attached hydrogens (tertiary/aromatic N) is 1. The zero-order valence-electron chi connectivity index (χ0n) is 8.77. The predicted molar refractivity (Wildman–Crippen MR) is 67.2 cm³/mol. The van der Waals surface area contributed by atoms with Crippen LogP contribution in [0.5, 0.6) is 0 Å². The molecule has 1 atom stereocenters. The molecule has 0 aromatic carbocycles. The average Bonchev–Trinajstić information content (AvgIpc) is 2.68. The summed E-state index contributed by atoms with van der Waals surface area (Å²) in [6.07, 6.45) is 0.